The Labute approximate surface area is 279 Å². The van der Waals surface area contributed by atoms with Crippen molar-refractivity contribution in [1.29, 1.82) is 0 Å². The van der Waals surface area contributed by atoms with Crippen molar-refractivity contribution in [3.63, 3.8) is 0 Å². The average Bonchev–Trinajstić information content (AvgIpc) is 3.69. The fraction of sp³-hybridized carbons (Fsp3) is 0.243. The topological polar surface area (TPSA) is 115 Å². The van der Waals surface area contributed by atoms with Crippen molar-refractivity contribution in [1.82, 2.24) is 30.1 Å². The Morgan fingerprint density at radius 1 is 0.896 bits per heavy atom. The second-order valence-electron chi connectivity index (χ2n) is 11.1. The Morgan fingerprint density at radius 3 is 2.46 bits per heavy atom. The van der Waals surface area contributed by atoms with Crippen LogP contribution in [0, 0.1) is 6.92 Å². The second kappa shape index (κ2) is 15.3. The third kappa shape index (κ3) is 7.31. The number of carbonyl (C=O) groups is 1. The van der Waals surface area contributed by atoms with Gasteiger partial charge in [0.25, 0.3) is 0 Å². The summed E-state index contributed by atoms with van der Waals surface area (Å²) in [7, 11) is 1.60. The molecule has 0 saturated carbocycles. The smallest absolute Gasteiger partial charge is 0.346 e. The monoisotopic (exact) mass is 646 g/mol. The lowest BCUT2D eigenvalue weighted by Gasteiger charge is -2.12. The van der Waals surface area contributed by atoms with Crippen molar-refractivity contribution in [2.45, 2.75) is 33.4 Å². The minimum Gasteiger partial charge on any atom is -0.494 e. The number of fused-ring (bicyclic) bond motifs is 1. The van der Waals surface area contributed by atoms with Crippen molar-refractivity contribution in [2.24, 2.45) is 0 Å². The van der Waals surface area contributed by atoms with Crippen molar-refractivity contribution < 1.29 is 23.7 Å². The predicted molar refractivity (Wildman–Crippen MR) is 182 cm³/mol. The maximum absolute atomic E-state index is 13.0. The second-order valence-corrected chi connectivity index (χ2v) is 11.1. The first kappa shape index (κ1) is 32.3. The van der Waals surface area contributed by atoms with Crippen LogP contribution >= 0.6 is 0 Å². The van der Waals surface area contributed by atoms with Gasteiger partial charge in [0.2, 0.25) is 0 Å². The van der Waals surface area contributed by atoms with Crippen molar-refractivity contribution in [3.05, 3.63) is 119 Å². The Hall–Kier alpha value is -5.68. The average molecular weight is 647 g/mol. The van der Waals surface area contributed by atoms with Gasteiger partial charge in [0.1, 0.15) is 5.75 Å². The molecule has 6 rings (SSSR count). The SMILES string of the molecule is CCOC(=O)c1c(C)n(Cc2ccccc2)c2ccc(OCCCNCc3ccc(Oc4nnnn4-c4ccccc4)c(OC)c3)cc12. The highest BCUT2D eigenvalue weighted by molar-refractivity contribution is 6.06. The van der Waals surface area contributed by atoms with E-state index >= 15 is 0 Å². The maximum atomic E-state index is 13.0. The molecule has 246 valence electrons. The van der Waals surface area contributed by atoms with Gasteiger partial charge in [-0.1, -0.05) is 59.7 Å². The van der Waals surface area contributed by atoms with Gasteiger partial charge in [-0.25, -0.2) is 4.79 Å². The van der Waals surface area contributed by atoms with E-state index in [9.17, 15) is 4.79 Å². The minimum absolute atomic E-state index is 0.238. The molecule has 0 aliphatic carbocycles. The van der Waals surface area contributed by atoms with Gasteiger partial charge in [0, 0.05) is 29.7 Å². The normalized spacial score (nSPS) is 11.1. The summed E-state index contributed by atoms with van der Waals surface area (Å²) in [6.45, 7) is 6.66. The Bertz CT molecular complexity index is 1970. The zero-order valence-corrected chi connectivity index (χ0v) is 27.3. The number of carbonyl (C=O) groups excluding carboxylic acids is 1. The number of aromatic nitrogens is 5. The molecule has 0 fully saturated rings. The molecule has 1 N–H and O–H groups in total. The number of tetrazole rings is 1. The third-order valence-corrected chi connectivity index (χ3v) is 7.92. The first-order chi connectivity index (χ1) is 23.6. The van der Waals surface area contributed by atoms with Gasteiger partial charge < -0.3 is 28.8 Å². The molecule has 4 aromatic carbocycles. The Kier molecular flexibility index (Phi) is 10.3. The van der Waals surface area contributed by atoms with Crippen LogP contribution in [-0.2, 0) is 17.8 Å². The summed E-state index contributed by atoms with van der Waals surface area (Å²) in [6.07, 6.45) is 0.789. The molecule has 0 aliphatic rings. The molecule has 0 atom stereocenters. The standard InChI is InChI=1S/C37H38N6O5/c1-4-46-36(44)35-26(2)42(25-27-12-7-5-8-13-27)32-18-17-30(23-31(32)35)47-21-11-20-38-24-28-16-19-33(34(22-28)45-3)48-37-39-40-41-43(37)29-14-9-6-10-15-29/h5-10,12-19,22-23,38H,4,11,20-21,24-25H2,1-3H3. The van der Waals surface area contributed by atoms with Gasteiger partial charge in [0.15, 0.2) is 11.5 Å². The number of nitrogens with one attached hydrogen (secondary N) is 1. The van der Waals surface area contributed by atoms with E-state index in [1.807, 2.05) is 98.8 Å². The number of ether oxygens (including phenoxy) is 4. The molecule has 11 nitrogen and oxygen atoms in total. The van der Waals surface area contributed by atoms with Crippen molar-refractivity contribution in [2.75, 3.05) is 26.9 Å². The van der Waals surface area contributed by atoms with Gasteiger partial charge in [-0.3, -0.25) is 0 Å². The van der Waals surface area contributed by atoms with Crippen LogP contribution < -0.4 is 19.5 Å². The molecule has 11 heteroatoms. The quantitative estimate of drug-likeness (QED) is 0.0985. The number of hydrogen-bond donors (Lipinski definition) is 1. The Balaban J connectivity index is 1.04. The molecule has 0 saturated heterocycles. The molecule has 2 aromatic heterocycles. The Morgan fingerprint density at radius 2 is 1.69 bits per heavy atom. The highest BCUT2D eigenvalue weighted by atomic mass is 16.5. The number of rotatable bonds is 15. The highest BCUT2D eigenvalue weighted by Crippen LogP contribution is 2.33. The van der Waals surface area contributed by atoms with Gasteiger partial charge >= 0.3 is 12.0 Å². The number of hydrogen-bond acceptors (Lipinski definition) is 9. The lowest BCUT2D eigenvalue weighted by Crippen LogP contribution is -2.17. The molecule has 48 heavy (non-hydrogen) atoms. The summed E-state index contributed by atoms with van der Waals surface area (Å²) < 4.78 is 26.8. The van der Waals surface area contributed by atoms with E-state index in [0.717, 1.165) is 46.4 Å². The van der Waals surface area contributed by atoms with Gasteiger partial charge in [0.05, 0.1) is 31.6 Å². The first-order valence-corrected chi connectivity index (χ1v) is 15.9. The van der Waals surface area contributed by atoms with Crippen LogP contribution in [-0.4, -0.2) is 57.6 Å². The lowest BCUT2D eigenvalue weighted by molar-refractivity contribution is 0.0527. The van der Waals surface area contributed by atoms with Crippen LogP contribution in [0.2, 0.25) is 0 Å². The number of nitrogens with zero attached hydrogens (tertiary/aromatic N) is 5. The van der Waals surface area contributed by atoms with Gasteiger partial charge in [-0.15, -0.1) is 0 Å². The molecular weight excluding hydrogens is 608 g/mol. The summed E-state index contributed by atoms with van der Waals surface area (Å²) in [5, 5.41) is 16.1. The van der Waals surface area contributed by atoms with Crippen molar-refractivity contribution in [3.8, 4) is 28.9 Å². The van der Waals surface area contributed by atoms with Crippen LogP contribution in [0.5, 0.6) is 23.3 Å². The van der Waals surface area contributed by atoms with Gasteiger partial charge in [-0.2, -0.15) is 4.68 Å². The molecule has 6 aromatic rings. The number of esters is 1. The minimum atomic E-state index is -0.322. The molecule has 0 amide bonds. The van der Waals surface area contributed by atoms with Crippen LogP contribution in [0.1, 0.15) is 40.5 Å². The zero-order valence-electron chi connectivity index (χ0n) is 27.3. The molecule has 2 heterocycles. The van der Waals surface area contributed by atoms with E-state index < -0.39 is 0 Å². The van der Waals surface area contributed by atoms with E-state index in [1.54, 1.807) is 7.11 Å². The van der Waals surface area contributed by atoms with Crippen LogP contribution in [0.4, 0.5) is 0 Å². The zero-order chi connectivity index (χ0) is 33.3. The van der Waals surface area contributed by atoms with Crippen LogP contribution in [0.15, 0.2) is 97.1 Å². The lowest BCUT2D eigenvalue weighted by atomic mass is 10.1. The van der Waals surface area contributed by atoms with Crippen LogP contribution in [0.25, 0.3) is 16.6 Å². The molecular formula is C37H38N6O5. The molecule has 0 bridgehead atoms. The molecule has 0 spiro atoms. The molecule has 0 radical (unpaired) electrons. The van der Waals surface area contributed by atoms with E-state index in [2.05, 4.69) is 37.5 Å². The summed E-state index contributed by atoms with van der Waals surface area (Å²) >= 11 is 0. The summed E-state index contributed by atoms with van der Waals surface area (Å²) in [4.78, 5) is 13.0. The first-order valence-electron chi connectivity index (χ1n) is 15.9. The summed E-state index contributed by atoms with van der Waals surface area (Å²) in [5.41, 5.74) is 5.40. The number of para-hydroxylation sites is 1. The largest absolute Gasteiger partial charge is 0.494 e. The summed E-state index contributed by atoms with van der Waals surface area (Å²) in [5.74, 6) is 1.47. The summed E-state index contributed by atoms with van der Waals surface area (Å²) in [6, 6.07) is 31.6. The molecule has 0 aliphatic heterocycles. The maximum Gasteiger partial charge on any atom is 0.346 e. The fourth-order valence-corrected chi connectivity index (χ4v) is 5.58. The van der Waals surface area contributed by atoms with Crippen molar-refractivity contribution >= 4 is 16.9 Å². The number of methoxy groups -OCH3 is 1. The molecule has 0 unspecified atom stereocenters. The third-order valence-electron chi connectivity index (χ3n) is 7.92. The number of benzene rings is 4. The van der Waals surface area contributed by atoms with E-state index in [0.29, 0.717) is 49.1 Å². The van der Waals surface area contributed by atoms with Crippen LogP contribution in [0.3, 0.4) is 0 Å². The highest BCUT2D eigenvalue weighted by Gasteiger charge is 2.22. The fourth-order valence-electron chi connectivity index (χ4n) is 5.58. The van der Waals surface area contributed by atoms with Gasteiger partial charge in [-0.05, 0) is 90.8 Å². The van der Waals surface area contributed by atoms with E-state index in [4.69, 9.17) is 18.9 Å². The van der Waals surface area contributed by atoms with E-state index in [-0.39, 0.29) is 12.0 Å². The predicted octanol–water partition coefficient (Wildman–Crippen LogP) is 6.51. The van der Waals surface area contributed by atoms with E-state index in [1.165, 1.54) is 4.68 Å².